The van der Waals surface area contributed by atoms with Crippen LogP contribution in [-0.4, -0.2) is 25.1 Å². The second kappa shape index (κ2) is 7.49. The van der Waals surface area contributed by atoms with Crippen LogP contribution in [0.2, 0.25) is 0 Å². The minimum atomic E-state index is -0.590. The van der Waals surface area contributed by atoms with E-state index >= 15 is 0 Å². The van der Waals surface area contributed by atoms with Crippen LogP contribution in [0.15, 0.2) is 34.7 Å². The van der Waals surface area contributed by atoms with Crippen molar-refractivity contribution in [3.63, 3.8) is 0 Å². The van der Waals surface area contributed by atoms with Crippen LogP contribution in [0, 0.1) is 13.8 Å². The number of para-hydroxylation sites is 2. The van der Waals surface area contributed by atoms with Gasteiger partial charge in [0.25, 0.3) is 5.91 Å². The molecule has 0 unspecified atom stereocenters. The smallest absolute Gasteiger partial charge is 0.342 e. The molecule has 1 aromatic carbocycles. The van der Waals surface area contributed by atoms with Crippen LogP contribution in [0.4, 0.5) is 5.69 Å². The minimum absolute atomic E-state index is 0.324. The number of carbonyl (C=O) groups is 2. The number of nitrogens with one attached hydrogen (secondary N) is 1. The van der Waals surface area contributed by atoms with E-state index in [0.29, 0.717) is 35.1 Å². The molecule has 0 bridgehead atoms. The number of esters is 1. The number of benzene rings is 1. The largest absolute Gasteiger partial charge is 0.492 e. The molecule has 1 N–H and O–H groups in total. The summed E-state index contributed by atoms with van der Waals surface area (Å²) in [7, 11) is 0. The number of ether oxygens (including phenoxy) is 2. The Labute approximate surface area is 134 Å². The molecular formula is C17H19NO5. The first kappa shape index (κ1) is 16.6. The first-order chi connectivity index (χ1) is 11.0. The maximum absolute atomic E-state index is 11.9. The quantitative estimate of drug-likeness (QED) is 0.828. The van der Waals surface area contributed by atoms with Crippen LogP contribution in [0.1, 0.15) is 28.8 Å². The Morgan fingerprint density at radius 2 is 1.96 bits per heavy atom. The number of furan rings is 1. The molecule has 2 aromatic rings. The van der Waals surface area contributed by atoms with Crippen molar-refractivity contribution in [3.05, 3.63) is 47.4 Å². The lowest BCUT2D eigenvalue weighted by atomic mass is 10.2. The van der Waals surface area contributed by atoms with Crippen molar-refractivity contribution in [2.75, 3.05) is 18.5 Å². The summed E-state index contributed by atoms with van der Waals surface area (Å²) in [5, 5.41) is 2.66. The van der Waals surface area contributed by atoms with E-state index in [1.54, 1.807) is 38.1 Å². The fourth-order valence-corrected chi connectivity index (χ4v) is 2.08. The van der Waals surface area contributed by atoms with Gasteiger partial charge in [-0.25, -0.2) is 4.79 Å². The van der Waals surface area contributed by atoms with Crippen molar-refractivity contribution < 1.29 is 23.5 Å². The van der Waals surface area contributed by atoms with E-state index in [4.69, 9.17) is 13.9 Å². The third-order valence-electron chi connectivity index (χ3n) is 3.06. The molecule has 23 heavy (non-hydrogen) atoms. The Morgan fingerprint density at radius 1 is 1.22 bits per heavy atom. The standard InChI is InChI=1S/C17H19NO5/c1-4-21-15-8-6-5-7-14(15)18-16(19)10-22-17(20)13-9-11(2)23-12(13)3/h5-9H,4,10H2,1-3H3,(H,18,19). The Balaban J connectivity index is 1.93. The molecule has 0 saturated carbocycles. The normalized spacial score (nSPS) is 10.2. The Kier molecular flexibility index (Phi) is 5.41. The zero-order valence-corrected chi connectivity index (χ0v) is 13.3. The molecule has 0 saturated heterocycles. The van der Waals surface area contributed by atoms with Crippen molar-refractivity contribution in [1.82, 2.24) is 0 Å². The Morgan fingerprint density at radius 3 is 2.61 bits per heavy atom. The number of carbonyl (C=O) groups excluding carboxylic acids is 2. The second-order valence-corrected chi connectivity index (χ2v) is 4.88. The van der Waals surface area contributed by atoms with E-state index in [9.17, 15) is 9.59 Å². The molecule has 0 aliphatic rings. The molecule has 0 aliphatic heterocycles. The van der Waals surface area contributed by atoms with E-state index in [0.717, 1.165) is 0 Å². The average molecular weight is 317 g/mol. The van der Waals surface area contributed by atoms with Gasteiger partial charge in [-0.05, 0) is 39.0 Å². The molecule has 6 heteroatoms. The third-order valence-corrected chi connectivity index (χ3v) is 3.06. The van der Waals surface area contributed by atoms with Gasteiger partial charge in [0, 0.05) is 0 Å². The van der Waals surface area contributed by atoms with Gasteiger partial charge in [-0.15, -0.1) is 0 Å². The van der Waals surface area contributed by atoms with Gasteiger partial charge in [0.2, 0.25) is 0 Å². The van der Waals surface area contributed by atoms with E-state index in [1.165, 1.54) is 0 Å². The van der Waals surface area contributed by atoms with Crippen molar-refractivity contribution in [2.24, 2.45) is 0 Å². The van der Waals surface area contributed by atoms with Crippen LogP contribution in [0.25, 0.3) is 0 Å². The number of anilines is 1. The average Bonchev–Trinajstić information content (AvgIpc) is 2.86. The molecule has 0 radical (unpaired) electrons. The summed E-state index contributed by atoms with van der Waals surface area (Å²) in [4.78, 5) is 23.8. The molecule has 0 spiro atoms. The van der Waals surface area contributed by atoms with Gasteiger partial charge in [0.15, 0.2) is 6.61 Å². The van der Waals surface area contributed by atoms with E-state index < -0.39 is 11.9 Å². The summed E-state index contributed by atoms with van der Waals surface area (Å²) in [6, 6.07) is 8.64. The lowest BCUT2D eigenvalue weighted by Gasteiger charge is -2.11. The van der Waals surface area contributed by atoms with Gasteiger partial charge in [0.1, 0.15) is 22.8 Å². The molecule has 0 aliphatic carbocycles. The molecule has 0 atom stereocenters. The summed E-state index contributed by atoms with van der Waals surface area (Å²) in [6.45, 7) is 5.36. The summed E-state index contributed by atoms with van der Waals surface area (Å²) < 4.78 is 15.7. The molecular weight excluding hydrogens is 298 g/mol. The van der Waals surface area contributed by atoms with Gasteiger partial charge in [-0.1, -0.05) is 12.1 Å². The Hall–Kier alpha value is -2.76. The number of hydrogen-bond donors (Lipinski definition) is 1. The van der Waals surface area contributed by atoms with Crippen molar-refractivity contribution in [3.8, 4) is 5.75 Å². The molecule has 122 valence electrons. The molecule has 0 fully saturated rings. The number of aryl methyl sites for hydroxylation is 2. The molecule has 1 heterocycles. The minimum Gasteiger partial charge on any atom is -0.492 e. The first-order valence-corrected chi connectivity index (χ1v) is 7.27. The molecule has 2 rings (SSSR count). The van der Waals surface area contributed by atoms with Crippen molar-refractivity contribution in [1.29, 1.82) is 0 Å². The predicted octanol–water partition coefficient (Wildman–Crippen LogP) is 3.09. The lowest BCUT2D eigenvalue weighted by Crippen LogP contribution is -2.21. The van der Waals surface area contributed by atoms with Gasteiger partial charge >= 0.3 is 5.97 Å². The van der Waals surface area contributed by atoms with Crippen LogP contribution >= 0.6 is 0 Å². The highest BCUT2D eigenvalue weighted by Crippen LogP contribution is 2.23. The SMILES string of the molecule is CCOc1ccccc1NC(=O)COC(=O)c1cc(C)oc1C. The van der Waals surface area contributed by atoms with E-state index in [1.807, 2.05) is 13.0 Å². The summed E-state index contributed by atoms with van der Waals surface area (Å²) in [5.41, 5.74) is 0.857. The molecule has 1 amide bonds. The summed E-state index contributed by atoms with van der Waals surface area (Å²) in [6.07, 6.45) is 0. The van der Waals surface area contributed by atoms with Crippen LogP contribution in [-0.2, 0) is 9.53 Å². The van der Waals surface area contributed by atoms with Crippen LogP contribution in [0.5, 0.6) is 5.75 Å². The highest BCUT2D eigenvalue weighted by atomic mass is 16.5. The third kappa shape index (κ3) is 4.35. The lowest BCUT2D eigenvalue weighted by molar-refractivity contribution is -0.119. The maximum Gasteiger partial charge on any atom is 0.342 e. The van der Waals surface area contributed by atoms with Gasteiger partial charge in [0.05, 0.1) is 12.3 Å². The van der Waals surface area contributed by atoms with Crippen molar-refractivity contribution >= 4 is 17.6 Å². The highest BCUT2D eigenvalue weighted by molar-refractivity contribution is 5.96. The number of hydrogen-bond acceptors (Lipinski definition) is 5. The van der Waals surface area contributed by atoms with E-state index in [2.05, 4.69) is 5.32 Å². The van der Waals surface area contributed by atoms with Gasteiger partial charge < -0.3 is 19.2 Å². The van der Waals surface area contributed by atoms with Crippen LogP contribution in [0.3, 0.4) is 0 Å². The number of amides is 1. The predicted molar refractivity (Wildman–Crippen MR) is 84.7 cm³/mol. The monoisotopic (exact) mass is 317 g/mol. The molecule has 6 nitrogen and oxygen atoms in total. The summed E-state index contributed by atoms with van der Waals surface area (Å²) in [5.74, 6) is 0.617. The van der Waals surface area contributed by atoms with Gasteiger partial charge in [-0.2, -0.15) is 0 Å². The second-order valence-electron chi connectivity index (χ2n) is 4.88. The maximum atomic E-state index is 11.9. The van der Waals surface area contributed by atoms with Crippen LogP contribution < -0.4 is 10.1 Å². The van der Waals surface area contributed by atoms with Gasteiger partial charge in [-0.3, -0.25) is 4.79 Å². The Bertz CT molecular complexity index is 705. The van der Waals surface area contributed by atoms with E-state index in [-0.39, 0.29) is 6.61 Å². The van der Waals surface area contributed by atoms with Crippen molar-refractivity contribution in [2.45, 2.75) is 20.8 Å². The highest BCUT2D eigenvalue weighted by Gasteiger charge is 2.16. The topological polar surface area (TPSA) is 77.8 Å². The fourth-order valence-electron chi connectivity index (χ4n) is 2.08. The molecule has 1 aromatic heterocycles. The zero-order chi connectivity index (χ0) is 16.8. The first-order valence-electron chi connectivity index (χ1n) is 7.27. The fraction of sp³-hybridized carbons (Fsp3) is 0.294. The number of rotatable bonds is 6. The summed E-state index contributed by atoms with van der Waals surface area (Å²) >= 11 is 0. The zero-order valence-electron chi connectivity index (χ0n) is 13.3.